The van der Waals surface area contributed by atoms with Crippen LogP contribution in [0.3, 0.4) is 0 Å². The molecule has 0 saturated heterocycles. The monoisotopic (exact) mass is 377 g/mol. The highest BCUT2D eigenvalue weighted by Crippen LogP contribution is 2.22. The van der Waals surface area contributed by atoms with E-state index in [0.29, 0.717) is 22.0 Å². The molecular weight excluding hydrogens is 362 g/mol. The number of hydrogen-bond acceptors (Lipinski definition) is 3. The second-order valence-electron chi connectivity index (χ2n) is 5.98. The highest BCUT2D eigenvalue weighted by molar-refractivity contribution is 6.32. The lowest BCUT2D eigenvalue weighted by molar-refractivity contribution is 0.0957. The lowest BCUT2D eigenvalue weighted by atomic mass is 10.2. The third-order valence-electron chi connectivity index (χ3n) is 4.24. The minimum absolute atomic E-state index is 0.298. The number of aromatic nitrogens is 3. The Balaban J connectivity index is 1.55. The number of carbonyl (C=O) groups excluding carboxylic acids is 1. The predicted molar refractivity (Wildman–Crippen MR) is 107 cm³/mol. The summed E-state index contributed by atoms with van der Waals surface area (Å²) in [7, 11) is 0. The highest BCUT2D eigenvalue weighted by Gasteiger charge is 2.14. The number of hydrazone groups is 1. The van der Waals surface area contributed by atoms with Gasteiger partial charge in [-0.05, 0) is 25.1 Å². The Morgan fingerprint density at radius 1 is 1.19 bits per heavy atom. The average molecular weight is 378 g/mol. The van der Waals surface area contributed by atoms with Crippen LogP contribution < -0.4 is 5.43 Å². The molecule has 4 aromatic rings. The fraction of sp³-hybridized carbons (Fsp3) is 0.0500. The van der Waals surface area contributed by atoms with Gasteiger partial charge in [-0.1, -0.05) is 48.0 Å². The number of halogens is 1. The highest BCUT2D eigenvalue weighted by atomic mass is 35.5. The van der Waals surface area contributed by atoms with Crippen LogP contribution in [0.15, 0.2) is 65.9 Å². The molecule has 0 fully saturated rings. The van der Waals surface area contributed by atoms with Crippen LogP contribution >= 0.6 is 11.6 Å². The summed E-state index contributed by atoms with van der Waals surface area (Å²) in [6.07, 6.45) is 3.18. The molecular formula is C20H16ClN5O. The van der Waals surface area contributed by atoms with Crippen molar-refractivity contribution in [1.29, 1.82) is 0 Å². The number of carbonyl (C=O) groups is 1. The first-order valence-electron chi connectivity index (χ1n) is 8.35. The van der Waals surface area contributed by atoms with E-state index in [4.69, 9.17) is 11.6 Å². The van der Waals surface area contributed by atoms with E-state index in [1.807, 2.05) is 61.5 Å². The summed E-state index contributed by atoms with van der Waals surface area (Å²) >= 11 is 6.45. The first kappa shape index (κ1) is 17.1. The SMILES string of the molecule is Cc1nn(-c2ccccc2)c(Cl)c1/C=N/NC(=O)c1c[nH]c2ccccc12. The Labute approximate surface area is 160 Å². The molecule has 0 unspecified atom stereocenters. The van der Waals surface area contributed by atoms with Crippen molar-refractivity contribution in [2.75, 3.05) is 0 Å². The molecule has 2 heterocycles. The molecule has 27 heavy (non-hydrogen) atoms. The topological polar surface area (TPSA) is 75.1 Å². The minimum Gasteiger partial charge on any atom is -0.360 e. The fourth-order valence-corrected chi connectivity index (χ4v) is 3.19. The molecule has 0 aliphatic carbocycles. The molecule has 0 bridgehead atoms. The van der Waals surface area contributed by atoms with Crippen LogP contribution in [0.1, 0.15) is 21.6 Å². The van der Waals surface area contributed by atoms with E-state index in [9.17, 15) is 4.79 Å². The molecule has 6 nitrogen and oxygen atoms in total. The first-order chi connectivity index (χ1) is 13.1. The molecule has 2 aromatic heterocycles. The van der Waals surface area contributed by atoms with Gasteiger partial charge in [-0.25, -0.2) is 10.1 Å². The van der Waals surface area contributed by atoms with E-state index in [1.54, 1.807) is 10.9 Å². The molecule has 0 saturated carbocycles. The molecule has 2 aromatic carbocycles. The van der Waals surface area contributed by atoms with Gasteiger partial charge in [0.2, 0.25) is 0 Å². The Morgan fingerprint density at radius 2 is 1.93 bits per heavy atom. The summed E-state index contributed by atoms with van der Waals surface area (Å²) in [5, 5.41) is 9.78. The maximum absolute atomic E-state index is 12.4. The number of aryl methyl sites for hydroxylation is 1. The maximum Gasteiger partial charge on any atom is 0.273 e. The van der Waals surface area contributed by atoms with Gasteiger partial charge in [0.05, 0.1) is 28.7 Å². The van der Waals surface area contributed by atoms with Crippen LogP contribution in [0.4, 0.5) is 0 Å². The number of para-hydroxylation sites is 2. The van der Waals surface area contributed by atoms with Crippen LogP contribution in [0.2, 0.25) is 5.15 Å². The summed E-state index contributed by atoms with van der Waals surface area (Å²) in [5.74, 6) is -0.298. The van der Waals surface area contributed by atoms with Crippen molar-refractivity contribution in [3.05, 3.63) is 82.8 Å². The number of nitrogens with zero attached hydrogens (tertiary/aromatic N) is 3. The van der Waals surface area contributed by atoms with Crippen LogP contribution in [-0.4, -0.2) is 26.9 Å². The van der Waals surface area contributed by atoms with Crippen LogP contribution in [-0.2, 0) is 0 Å². The number of fused-ring (bicyclic) bond motifs is 1. The molecule has 0 spiro atoms. The second kappa shape index (κ2) is 7.09. The zero-order valence-corrected chi connectivity index (χ0v) is 15.2. The quantitative estimate of drug-likeness (QED) is 0.415. The standard InChI is InChI=1S/C20H16ClN5O/c1-13-16(19(21)26(25-13)14-7-3-2-4-8-14)12-23-24-20(27)17-11-22-18-10-6-5-9-15(17)18/h2-12,22H,1H3,(H,24,27)/b23-12+. The van der Waals surface area contributed by atoms with Gasteiger partial charge in [0, 0.05) is 17.1 Å². The average Bonchev–Trinajstić information content (AvgIpc) is 3.24. The van der Waals surface area contributed by atoms with Crippen molar-refractivity contribution in [1.82, 2.24) is 20.2 Å². The van der Waals surface area contributed by atoms with E-state index in [-0.39, 0.29) is 5.91 Å². The summed E-state index contributed by atoms with van der Waals surface area (Å²) < 4.78 is 1.64. The molecule has 0 aliphatic heterocycles. The van der Waals surface area contributed by atoms with E-state index in [0.717, 1.165) is 16.6 Å². The van der Waals surface area contributed by atoms with Gasteiger partial charge in [-0.2, -0.15) is 10.2 Å². The van der Waals surface area contributed by atoms with Gasteiger partial charge >= 0.3 is 0 Å². The second-order valence-corrected chi connectivity index (χ2v) is 6.34. The van der Waals surface area contributed by atoms with Crippen LogP contribution in [0.25, 0.3) is 16.6 Å². The fourth-order valence-electron chi connectivity index (χ4n) is 2.87. The van der Waals surface area contributed by atoms with Gasteiger partial charge in [0.15, 0.2) is 0 Å². The van der Waals surface area contributed by atoms with Crippen molar-refractivity contribution in [2.24, 2.45) is 5.10 Å². The van der Waals surface area contributed by atoms with E-state index in [2.05, 4.69) is 20.6 Å². The Hall–Kier alpha value is -3.38. The molecule has 1 amide bonds. The lowest BCUT2D eigenvalue weighted by Crippen LogP contribution is -2.17. The number of benzene rings is 2. The normalized spacial score (nSPS) is 11.3. The minimum atomic E-state index is -0.298. The number of nitrogens with one attached hydrogen (secondary N) is 2. The van der Waals surface area contributed by atoms with Crippen molar-refractivity contribution in [3.8, 4) is 5.69 Å². The molecule has 0 radical (unpaired) electrons. The van der Waals surface area contributed by atoms with Crippen molar-refractivity contribution >= 4 is 34.6 Å². The molecule has 134 valence electrons. The first-order valence-corrected chi connectivity index (χ1v) is 8.73. The Morgan fingerprint density at radius 3 is 2.74 bits per heavy atom. The Kier molecular flexibility index (Phi) is 4.48. The summed E-state index contributed by atoms with van der Waals surface area (Å²) in [6, 6.07) is 17.2. The van der Waals surface area contributed by atoms with Crippen molar-refractivity contribution in [2.45, 2.75) is 6.92 Å². The number of amides is 1. The zero-order chi connectivity index (χ0) is 18.8. The molecule has 0 aliphatic rings. The van der Waals surface area contributed by atoms with Gasteiger partial charge in [-0.3, -0.25) is 4.79 Å². The third-order valence-corrected chi connectivity index (χ3v) is 4.61. The largest absolute Gasteiger partial charge is 0.360 e. The van der Waals surface area contributed by atoms with Gasteiger partial charge in [0.1, 0.15) is 5.15 Å². The van der Waals surface area contributed by atoms with Crippen molar-refractivity contribution < 1.29 is 4.79 Å². The van der Waals surface area contributed by atoms with Gasteiger partial charge in [-0.15, -0.1) is 0 Å². The summed E-state index contributed by atoms with van der Waals surface area (Å²) in [5.41, 5.74) is 6.20. The Bertz CT molecular complexity index is 1140. The molecule has 7 heteroatoms. The smallest absolute Gasteiger partial charge is 0.273 e. The van der Waals surface area contributed by atoms with E-state index < -0.39 is 0 Å². The number of rotatable bonds is 4. The molecule has 2 N–H and O–H groups in total. The van der Waals surface area contributed by atoms with Crippen molar-refractivity contribution in [3.63, 3.8) is 0 Å². The number of hydrogen-bond donors (Lipinski definition) is 2. The lowest BCUT2D eigenvalue weighted by Gasteiger charge is -2.02. The zero-order valence-electron chi connectivity index (χ0n) is 14.5. The van der Waals surface area contributed by atoms with Crippen LogP contribution in [0.5, 0.6) is 0 Å². The number of aromatic amines is 1. The van der Waals surface area contributed by atoms with E-state index >= 15 is 0 Å². The van der Waals surface area contributed by atoms with Gasteiger partial charge < -0.3 is 4.98 Å². The summed E-state index contributed by atoms with van der Waals surface area (Å²) in [4.78, 5) is 15.5. The summed E-state index contributed by atoms with van der Waals surface area (Å²) in [6.45, 7) is 1.84. The van der Waals surface area contributed by atoms with Crippen LogP contribution in [0, 0.1) is 6.92 Å². The predicted octanol–water partition coefficient (Wildman–Crippen LogP) is 4.08. The third kappa shape index (κ3) is 3.22. The van der Waals surface area contributed by atoms with E-state index in [1.165, 1.54) is 6.21 Å². The molecule has 4 rings (SSSR count). The van der Waals surface area contributed by atoms with Gasteiger partial charge in [0.25, 0.3) is 5.91 Å². The maximum atomic E-state index is 12.4. The number of H-pyrrole nitrogens is 1. The molecule has 0 atom stereocenters.